The van der Waals surface area contributed by atoms with Gasteiger partial charge in [-0.2, -0.15) is 0 Å². The topological polar surface area (TPSA) is 85.8 Å². The van der Waals surface area contributed by atoms with Crippen molar-refractivity contribution in [1.29, 1.82) is 0 Å². The number of likely N-dealkylation sites (N-methyl/N-ethyl adjacent to an activating group) is 1. The van der Waals surface area contributed by atoms with Gasteiger partial charge in [-0.25, -0.2) is 4.79 Å². The van der Waals surface area contributed by atoms with Gasteiger partial charge in [0.15, 0.2) is 6.04 Å². The summed E-state index contributed by atoms with van der Waals surface area (Å²) in [5.74, 6) is 0.187. The van der Waals surface area contributed by atoms with Crippen LogP contribution in [0.25, 0.3) is 0 Å². The van der Waals surface area contributed by atoms with Crippen LogP contribution in [0.2, 0.25) is 0 Å². The molecule has 1 unspecified atom stereocenters. The fraction of sp³-hybridized carbons (Fsp3) is 0.500. The van der Waals surface area contributed by atoms with Gasteiger partial charge in [0.2, 0.25) is 0 Å². The van der Waals surface area contributed by atoms with Crippen molar-refractivity contribution in [1.82, 2.24) is 4.90 Å². The number of ether oxygens (including phenoxy) is 1. The van der Waals surface area contributed by atoms with Crippen molar-refractivity contribution in [2.24, 2.45) is 5.73 Å². The number of nitrogens with zero attached hydrogens (tertiary/aromatic N) is 1. The Kier molecular flexibility index (Phi) is 4.91. The molecule has 0 radical (unpaired) electrons. The van der Waals surface area contributed by atoms with Crippen molar-refractivity contribution >= 4 is 11.9 Å². The zero-order chi connectivity index (χ0) is 13.7. The van der Waals surface area contributed by atoms with Crippen LogP contribution in [0.4, 0.5) is 0 Å². The van der Waals surface area contributed by atoms with Crippen molar-refractivity contribution in [3.05, 3.63) is 23.7 Å². The number of rotatable bonds is 5. The molecule has 1 aromatic heterocycles. The summed E-state index contributed by atoms with van der Waals surface area (Å²) in [4.78, 5) is 24.5. The van der Waals surface area contributed by atoms with E-state index in [2.05, 4.69) is 0 Å². The molecule has 1 rings (SSSR count). The van der Waals surface area contributed by atoms with Crippen molar-refractivity contribution in [3.63, 3.8) is 0 Å². The van der Waals surface area contributed by atoms with Crippen molar-refractivity contribution < 1.29 is 18.7 Å². The second-order valence-electron chi connectivity index (χ2n) is 3.94. The van der Waals surface area contributed by atoms with Gasteiger partial charge in [0, 0.05) is 7.05 Å². The van der Waals surface area contributed by atoms with Crippen LogP contribution in [0.15, 0.2) is 16.5 Å². The zero-order valence-corrected chi connectivity index (χ0v) is 10.8. The molecule has 1 amide bonds. The molecule has 0 saturated heterocycles. The second-order valence-corrected chi connectivity index (χ2v) is 3.94. The maximum absolute atomic E-state index is 11.8. The first-order valence-electron chi connectivity index (χ1n) is 5.68. The highest BCUT2D eigenvalue weighted by Crippen LogP contribution is 2.09. The number of amides is 1. The third-order valence-corrected chi connectivity index (χ3v) is 2.37. The van der Waals surface area contributed by atoms with Crippen LogP contribution in [0.1, 0.15) is 18.4 Å². The second kappa shape index (κ2) is 6.20. The molecular weight excluding hydrogens is 236 g/mol. The smallest absolute Gasteiger partial charge is 0.332 e. The zero-order valence-electron chi connectivity index (χ0n) is 10.8. The Hall–Kier alpha value is -1.82. The molecule has 0 aromatic carbocycles. The third-order valence-electron chi connectivity index (χ3n) is 2.37. The number of aryl methyl sites for hydroxylation is 1. The van der Waals surface area contributed by atoms with Gasteiger partial charge < -0.3 is 19.8 Å². The summed E-state index contributed by atoms with van der Waals surface area (Å²) < 4.78 is 10.0. The van der Waals surface area contributed by atoms with Gasteiger partial charge >= 0.3 is 5.97 Å². The van der Waals surface area contributed by atoms with Gasteiger partial charge in [0.25, 0.3) is 5.91 Å². The van der Waals surface area contributed by atoms with Gasteiger partial charge in [-0.3, -0.25) is 4.79 Å². The molecule has 0 aliphatic rings. The molecule has 18 heavy (non-hydrogen) atoms. The Balaban J connectivity index is 2.58. The number of furan rings is 1. The van der Waals surface area contributed by atoms with Crippen LogP contribution in [0, 0.1) is 6.92 Å². The number of carbonyl (C=O) groups is 2. The minimum absolute atomic E-state index is 0.195. The predicted octanol–water partition coefficient (Wildman–Crippen LogP) is 0.437. The van der Waals surface area contributed by atoms with Crippen LogP contribution < -0.4 is 5.73 Å². The molecule has 2 N–H and O–H groups in total. The Morgan fingerprint density at radius 3 is 2.67 bits per heavy atom. The summed E-state index contributed by atoms with van der Waals surface area (Å²) >= 11 is 0. The Morgan fingerprint density at radius 1 is 1.50 bits per heavy atom. The average Bonchev–Trinajstić information content (AvgIpc) is 2.73. The van der Waals surface area contributed by atoms with Gasteiger partial charge in [-0.05, 0) is 26.0 Å². The summed E-state index contributed by atoms with van der Waals surface area (Å²) in [5, 5.41) is 0. The molecule has 6 nitrogen and oxygen atoms in total. The molecule has 100 valence electrons. The maximum Gasteiger partial charge on any atom is 0.332 e. The molecule has 0 fully saturated rings. The van der Waals surface area contributed by atoms with E-state index in [1.165, 1.54) is 4.90 Å². The fourth-order valence-electron chi connectivity index (χ4n) is 1.45. The van der Waals surface area contributed by atoms with E-state index in [0.717, 1.165) is 5.76 Å². The summed E-state index contributed by atoms with van der Waals surface area (Å²) in [6.07, 6.45) is 0. The van der Waals surface area contributed by atoms with E-state index in [9.17, 15) is 9.59 Å². The highest BCUT2D eigenvalue weighted by atomic mass is 16.5. The quantitative estimate of drug-likeness (QED) is 0.608. The van der Waals surface area contributed by atoms with Gasteiger partial charge in [-0.1, -0.05) is 0 Å². The lowest BCUT2D eigenvalue weighted by atomic mass is 10.2. The van der Waals surface area contributed by atoms with E-state index in [-0.39, 0.29) is 13.2 Å². The highest BCUT2D eigenvalue weighted by Gasteiger charge is 2.26. The molecule has 0 saturated carbocycles. The largest absolute Gasteiger partial charge is 0.464 e. The molecule has 0 spiro atoms. The lowest BCUT2D eigenvalue weighted by Gasteiger charge is -2.19. The van der Waals surface area contributed by atoms with Crippen molar-refractivity contribution in [2.45, 2.75) is 26.4 Å². The molecular formula is C12H18N2O4. The normalized spacial score (nSPS) is 12.0. The van der Waals surface area contributed by atoms with E-state index < -0.39 is 17.9 Å². The molecule has 1 atom stereocenters. The lowest BCUT2D eigenvalue weighted by Crippen LogP contribution is -2.47. The number of esters is 1. The van der Waals surface area contributed by atoms with Crippen LogP contribution in [-0.4, -0.2) is 36.5 Å². The van der Waals surface area contributed by atoms with Gasteiger partial charge in [-0.15, -0.1) is 0 Å². The fourth-order valence-corrected chi connectivity index (χ4v) is 1.45. The summed E-state index contributed by atoms with van der Waals surface area (Å²) in [6, 6.07) is 2.29. The molecule has 1 heterocycles. The summed E-state index contributed by atoms with van der Waals surface area (Å²) in [5.41, 5.74) is 5.51. The monoisotopic (exact) mass is 254 g/mol. The summed E-state index contributed by atoms with van der Waals surface area (Å²) in [6.45, 7) is 3.93. The molecule has 1 aromatic rings. The van der Waals surface area contributed by atoms with Crippen LogP contribution >= 0.6 is 0 Å². The van der Waals surface area contributed by atoms with Crippen molar-refractivity contribution in [3.8, 4) is 0 Å². The first-order valence-corrected chi connectivity index (χ1v) is 5.68. The number of nitrogens with two attached hydrogens (primary N) is 1. The van der Waals surface area contributed by atoms with Gasteiger partial charge in [0.05, 0.1) is 13.2 Å². The molecule has 0 aliphatic carbocycles. The third kappa shape index (κ3) is 3.59. The van der Waals surface area contributed by atoms with Crippen LogP contribution in [0.5, 0.6) is 0 Å². The molecule has 6 heteroatoms. The predicted molar refractivity (Wildman–Crippen MR) is 64.5 cm³/mol. The van der Waals surface area contributed by atoms with Crippen molar-refractivity contribution in [2.75, 3.05) is 13.7 Å². The van der Waals surface area contributed by atoms with E-state index in [1.807, 2.05) is 6.92 Å². The highest BCUT2D eigenvalue weighted by molar-refractivity contribution is 6.01. The Labute approximate surface area is 106 Å². The molecule has 0 aliphatic heterocycles. The first kappa shape index (κ1) is 14.2. The minimum atomic E-state index is -1.29. The number of carbonyl (C=O) groups excluding carboxylic acids is 2. The van der Waals surface area contributed by atoms with E-state index in [1.54, 1.807) is 26.1 Å². The molecule has 0 bridgehead atoms. The van der Waals surface area contributed by atoms with Crippen LogP contribution in [-0.2, 0) is 20.9 Å². The van der Waals surface area contributed by atoms with Crippen LogP contribution in [0.3, 0.4) is 0 Å². The van der Waals surface area contributed by atoms with E-state index in [4.69, 9.17) is 14.9 Å². The minimum Gasteiger partial charge on any atom is -0.464 e. The lowest BCUT2D eigenvalue weighted by molar-refractivity contribution is -0.150. The first-order chi connectivity index (χ1) is 8.45. The number of hydrogen-bond donors (Lipinski definition) is 1. The maximum atomic E-state index is 11.8. The summed E-state index contributed by atoms with van der Waals surface area (Å²) in [7, 11) is 1.55. The van der Waals surface area contributed by atoms with E-state index >= 15 is 0 Å². The van der Waals surface area contributed by atoms with E-state index in [0.29, 0.717) is 5.76 Å². The average molecular weight is 254 g/mol. The SMILES string of the molecule is CCOC(=O)C(N)C(=O)N(C)Cc1ccc(C)o1. The number of hydrogen-bond acceptors (Lipinski definition) is 5. The standard InChI is InChI=1S/C12H18N2O4/c1-4-17-12(16)10(13)11(15)14(3)7-9-6-5-8(2)18-9/h5-6,10H,4,7,13H2,1-3H3. The Bertz CT molecular complexity index is 427. The Morgan fingerprint density at radius 2 is 2.17 bits per heavy atom. The van der Waals surface area contributed by atoms with Gasteiger partial charge in [0.1, 0.15) is 11.5 Å².